The van der Waals surface area contributed by atoms with E-state index < -0.39 is 0 Å². The van der Waals surface area contributed by atoms with E-state index >= 15 is 0 Å². The summed E-state index contributed by atoms with van der Waals surface area (Å²) < 4.78 is 0. The summed E-state index contributed by atoms with van der Waals surface area (Å²) >= 11 is 1.92. The van der Waals surface area contributed by atoms with E-state index in [1.54, 1.807) is 0 Å². The number of likely N-dealkylation sites (N-methyl/N-ethyl adjacent to an activating group) is 2. The Balaban J connectivity index is 2.20. The first-order valence-corrected chi connectivity index (χ1v) is 9.05. The van der Waals surface area contributed by atoms with Gasteiger partial charge in [-0.1, -0.05) is 20.3 Å². The van der Waals surface area contributed by atoms with Crippen LogP contribution in [0.3, 0.4) is 0 Å². The van der Waals surface area contributed by atoms with E-state index in [2.05, 4.69) is 43.1 Å². The van der Waals surface area contributed by atoms with Crippen molar-refractivity contribution >= 4 is 11.3 Å². The topological polar surface area (TPSA) is 31.4 Å². The highest BCUT2D eigenvalue weighted by Gasteiger charge is 2.26. The molecule has 1 N–H and O–H groups in total. The number of aromatic nitrogens is 1. The Kier molecular flexibility index (Phi) is 6.61. The van der Waals surface area contributed by atoms with Crippen molar-refractivity contribution < 1.29 is 0 Å². The molecule has 1 unspecified atom stereocenters. The summed E-state index contributed by atoms with van der Waals surface area (Å²) in [5, 5.41) is 4.77. The van der Waals surface area contributed by atoms with Crippen molar-refractivity contribution in [1.82, 2.24) is 20.1 Å². The minimum Gasteiger partial charge on any atom is -0.312 e. The Morgan fingerprint density at radius 2 is 2.10 bits per heavy atom. The lowest BCUT2D eigenvalue weighted by Gasteiger charge is -2.25. The third kappa shape index (κ3) is 4.49. The molecule has 1 atom stereocenters. The van der Waals surface area contributed by atoms with Gasteiger partial charge in [-0.05, 0) is 46.6 Å². The molecule has 0 amide bonds. The van der Waals surface area contributed by atoms with Crippen LogP contribution in [0.25, 0.3) is 0 Å². The summed E-state index contributed by atoms with van der Waals surface area (Å²) in [7, 11) is 4.47. The number of nitrogens with zero attached hydrogens (tertiary/aromatic N) is 3. The maximum atomic E-state index is 5.01. The molecule has 1 aromatic heterocycles. The molecular formula is C16H30N4S. The third-order valence-corrected chi connectivity index (χ3v) is 5.37. The second-order valence-electron chi connectivity index (χ2n) is 6.06. The van der Waals surface area contributed by atoms with Crippen molar-refractivity contribution in [1.29, 1.82) is 0 Å². The molecule has 2 heterocycles. The Morgan fingerprint density at radius 1 is 1.29 bits per heavy atom. The lowest BCUT2D eigenvalue weighted by Crippen LogP contribution is -2.30. The Bertz CT molecular complexity index is 432. The molecule has 1 aliphatic rings. The van der Waals surface area contributed by atoms with Crippen LogP contribution in [-0.4, -0.2) is 55.1 Å². The van der Waals surface area contributed by atoms with Gasteiger partial charge in [0.05, 0.1) is 11.7 Å². The molecule has 0 spiro atoms. The second-order valence-corrected chi connectivity index (χ2v) is 7.18. The van der Waals surface area contributed by atoms with Crippen molar-refractivity contribution in [2.75, 3.05) is 40.3 Å². The van der Waals surface area contributed by atoms with Crippen molar-refractivity contribution in [2.24, 2.45) is 0 Å². The van der Waals surface area contributed by atoms with Crippen LogP contribution in [0.5, 0.6) is 0 Å². The van der Waals surface area contributed by atoms with E-state index in [1.165, 1.54) is 41.5 Å². The molecule has 1 saturated heterocycles. The van der Waals surface area contributed by atoms with Gasteiger partial charge in [-0.15, -0.1) is 11.3 Å². The number of nitrogens with one attached hydrogen (secondary N) is 1. The molecular weight excluding hydrogens is 280 g/mol. The van der Waals surface area contributed by atoms with Gasteiger partial charge in [-0.2, -0.15) is 0 Å². The van der Waals surface area contributed by atoms with E-state index in [0.29, 0.717) is 6.04 Å². The third-order valence-electron chi connectivity index (χ3n) is 4.17. The van der Waals surface area contributed by atoms with E-state index in [9.17, 15) is 0 Å². The molecule has 120 valence electrons. The zero-order chi connectivity index (χ0) is 15.2. The fraction of sp³-hybridized carbons (Fsp3) is 0.812. The molecule has 21 heavy (non-hydrogen) atoms. The van der Waals surface area contributed by atoms with Crippen LogP contribution in [0.2, 0.25) is 0 Å². The van der Waals surface area contributed by atoms with Crippen LogP contribution in [0, 0.1) is 0 Å². The minimum atomic E-state index is 0.452. The molecule has 0 bridgehead atoms. The molecule has 1 fully saturated rings. The van der Waals surface area contributed by atoms with Crippen molar-refractivity contribution in [2.45, 2.75) is 45.7 Å². The van der Waals surface area contributed by atoms with E-state index in [4.69, 9.17) is 4.98 Å². The van der Waals surface area contributed by atoms with Gasteiger partial charge in [-0.3, -0.25) is 4.90 Å². The predicted octanol–water partition coefficient (Wildman–Crippen LogP) is 2.51. The zero-order valence-electron chi connectivity index (χ0n) is 14.0. The molecule has 4 nitrogen and oxygen atoms in total. The van der Waals surface area contributed by atoms with Gasteiger partial charge in [0.25, 0.3) is 0 Å². The van der Waals surface area contributed by atoms with Crippen LogP contribution in [0.4, 0.5) is 0 Å². The first-order chi connectivity index (χ1) is 10.2. The minimum absolute atomic E-state index is 0.452. The lowest BCUT2D eigenvalue weighted by molar-refractivity contribution is 0.228. The second kappa shape index (κ2) is 8.22. The van der Waals surface area contributed by atoms with Gasteiger partial charge in [0.15, 0.2) is 0 Å². The van der Waals surface area contributed by atoms with Gasteiger partial charge in [0, 0.05) is 18.0 Å². The van der Waals surface area contributed by atoms with E-state index in [1.807, 2.05) is 11.3 Å². The number of hydrogen-bond acceptors (Lipinski definition) is 5. The van der Waals surface area contributed by atoms with Crippen molar-refractivity contribution in [3.05, 3.63) is 15.6 Å². The molecule has 5 heteroatoms. The van der Waals surface area contributed by atoms with Gasteiger partial charge in [0.2, 0.25) is 0 Å². The highest BCUT2D eigenvalue weighted by Crippen LogP contribution is 2.30. The van der Waals surface area contributed by atoms with Crippen LogP contribution >= 0.6 is 11.3 Å². The summed E-state index contributed by atoms with van der Waals surface area (Å²) in [6.07, 6.45) is 3.52. The Hall–Kier alpha value is -0.490. The van der Waals surface area contributed by atoms with Crippen LogP contribution in [-0.2, 0) is 13.0 Å². The average molecular weight is 311 g/mol. The SMILES string of the molecule is CCCc1nc(C2CN(C)CCCN2C)sc1CNCC. The molecule has 0 aliphatic carbocycles. The van der Waals surface area contributed by atoms with E-state index in [0.717, 1.165) is 26.1 Å². The van der Waals surface area contributed by atoms with Crippen LogP contribution in [0.1, 0.15) is 48.3 Å². The molecule has 1 aromatic rings. The number of hydrogen-bond donors (Lipinski definition) is 1. The largest absolute Gasteiger partial charge is 0.312 e. The smallest absolute Gasteiger partial charge is 0.112 e. The van der Waals surface area contributed by atoms with Gasteiger partial charge in [-0.25, -0.2) is 4.98 Å². The van der Waals surface area contributed by atoms with Crippen LogP contribution < -0.4 is 5.32 Å². The average Bonchev–Trinajstić information content (AvgIpc) is 2.77. The fourth-order valence-electron chi connectivity index (χ4n) is 2.89. The van der Waals surface area contributed by atoms with Crippen LogP contribution in [0.15, 0.2) is 0 Å². The molecule has 0 saturated carbocycles. The molecule has 2 rings (SSSR count). The Morgan fingerprint density at radius 3 is 2.81 bits per heavy atom. The summed E-state index contributed by atoms with van der Waals surface area (Å²) in [4.78, 5) is 11.4. The highest BCUT2D eigenvalue weighted by molar-refractivity contribution is 7.11. The summed E-state index contributed by atoms with van der Waals surface area (Å²) in [5.74, 6) is 0. The summed E-state index contributed by atoms with van der Waals surface area (Å²) in [6.45, 7) is 9.84. The van der Waals surface area contributed by atoms with E-state index in [-0.39, 0.29) is 0 Å². The number of aryl methyl sites for hydroxylation is 1. The summed E-state index contributed by atoms with van der Waals surface area (Å²) in [6, 6.07) is 0.452. The zero-order valence-corrected chi connectivity index (χ0v) is 14.8. The van der Waals surface area contributed by atoms with Gasteiger partial charge < -0.3 is 10.2 Å². The normalized spacial score (nSPS) is 21.6. The van der Waals surface area contributed by atoms with Gasteiger partial charge in [0.1, 0.15) is 5.01 Å². The Labute approximate surface area is 133 Å². The first-order valence-electron chi connectivity index (χ1n) is 8.23. The number of rotatable bonds is 6. The molecule has 1 aliphatic heterocycles. The first kappa shape index (κ1) is 16.9. The van der Waals surface area contributed by atoms with Crippen molar-refractivity contribution in [3.63, 3.8) is 0 Å². The lowest BCUT2D eigenvalue weighted by atomic mass is 10.2. The quantitative estimate of drug-likeness (QED) is 0.875. The standard InChI is InChI=1S/C16H30N4S/c1-5-8-13-15(11-17-6-2)21-16(18-13)14-12-19(3)9-7-10-20(14)4/h14,17H,5-12H2,1-4H3. The predicted molar refractivity (Wildman–Crippen MR) is 91.0 cm³/mol. The summed E-state index contributed by atoms with van der Waals surface area (Å²) in [5.41, 5.74) is 1.32. The maximum absolute atomic E-state index is 5.01. The van der Waals surface area contributed by atoms with Gasteiger partial charge >= 0.3 is 0 Å². The number of thiazole rings is 1. The highest BCUT2D eigenvalue weighted by atomic mass is 32.1. The van der Waals surface area contributed by atoms with Crippen molar-refractivity contribution in [3.8, 4) is 0 Å². The maximum Gasteiger partial charge on any atom is 0.112 e. The molecule has 0 aromatic carbocycles. The molecule has 0 radical (unpaired) electrons. The fourth-order valence-corrected chi connectivity index (χ4v) is 4.13. The monoisotopic (exact) mass is 310 g/mol.